The quantitative estimate of drug-likeness (QED) is 0.635. The van der Waals surface area contributed by atoms with Crippen molar-refractivity contribution in [2.45, 2.75) is 6.04 Å². The van der Waals surface area contributed by atoms with Crippen LogP contribution < -0.4 is 5.32 Å². The largest absolute Gasteiger partial charge is 0.479 e. The van der Waals surface area contributed by atoms with Crippen LogP contribution in [0.5, 0.6) is 0 Å². The Kier molecular flexibility index (Phi) is 2.00. The van der Waals surface area contributed by atoms with Gasteiger partial charge in [-0.3, -0.25) is 9.59 Å². The molecule has 15 heavy (non-hydrogen) atoms. The summed E-state index contributed by atoms with van der Waals surface area (Å²) in [5.41, 5.74) is 0.383. The highest BCUT2D eigenvalue weighted by Gasteiger charge is 2.36. The minimum atomic E-state index is -1.47. The molecule has 5 nitrogen and oxygen atoms in total. The second-order valence-corrected chi connectivity index (χ2v) is 3.15. The van der Waals surface area contributed by atoms with Crippen LogP contribution in [0.25, 0.3) is 0 Å². The summed E-state index contributed by atoms with van der Waals surface area (Å²) in [6, 6.07) is 4.68. The normalized spacial score (nSPS) is 19.3. The van der Waals surface area contributed by atoms with Gasteiger partial charge in [0.2, 0.25) is 0 Å². The Labute approximate surface area is 84.7 Å². The average molecular weight is 205 g/mol. The number of ketones is 1. The van der Waals surface area contributed by atoms with Crippen LogP contribution in [-0.2, 0) is 4.79 Å². The molecular weight excluding hydrogens is 198 g/mol. The first-order valence-electron chi connectivity index (χ1n) is 4.28. The first kappa shape index (κ1) is 9.39. The van der Waals surface area contributed by atoms with Crippen molar-refractivity contribution in [3.8, 4) is 0 Å². The van der Waals surface area contributed by atoms with E-state index in [0.717, 1.165) is 0 Å². The number of Topliss-reactive ketones (excluding diaryl/α,β-unsaturated/α-hetero) is 1. The van der Waals surface area contributed by atoms with Gasteiger partial charge in [-0.15, -0.1) is 0 Å². The maximum Gasteiger partial charge on any atom is 0.334 e. The van der Waals surface area contributed by atoms with E-state index in [1.165, 1.54) is 12.1 Å². The van der Waals surface area contributed by atoms with Crippen LogP contribution in [-0.4, -0.2) is 28.8 Å². The lowest BCUT2D eigenvalue weighted by atomic mass is 9.94. The van der Waals surface area contributed by atoms with Crippen molar-refractivity contribution >= 4 is 17.7 Å². The summed E-state index contributed by atoms with van der Waals surface area (Å²) < 4.78 is 0. The molecular formula is C10H7NO4. The highest BCUT2D eigenvalue weighted by Crippen LogP contribution is 2.16. The molecule has 1 aliphatic heterocycles. The highest BCUT2D eigenvalue weighted by molar-refractivity contribution is 6.21. The molecule has 1 unspecified atom stereocenters. The van der Waals surface area contributed by atoms with Crippen LogP contribution in [0.15, 0.2) is 24.3 Å². The molecule has 0 aromatic heterocycles. The molecule has 1 atom stereocenters. The third-order valence-electron chi connectivity index (χ3n) is 2.22. The van der Waals surface area contributed by atoms with Gasteiger partial charge in [0.1, 0.15) is 0 Å². The molecule has 0 fully saturated rings. The first-order valence-corrected chi connectivity index (χ1v) is 4.28. The lowest BCUT2D eigenvalue weighted by Crippen LogP contribution is -2.50. The monoisotopic (exact) mass is 205 g/mol. The SMILES string of the molecule is O=C1NC(C(=O)O)C(=O)c2ccccc21. The van der Waals surface area contributed by atoms with Crippen LogP contribution in [0, 0.1) is 0 Å². The van der Waals surface area contributed by atoms with Gasteiger partial charge >= 0.3 is 5.97 Å². The number of aliphatic carboxylic acids is 1. The van der Waals surface area contributed by atoms with E-state index in [1.54, 1.807) is 12.1 Å². The van der Waals surface area contributed by atoms with E-state index in [2.05, 4.69) is 5.32 Å². The number of nitrogens with one attached hydrogen (secondary N) is 1. The fourth-order valence-corrected chi connectivity index (χ4v) is 1.50. The summed E-state index contributed by atoms with van der Waals surface area (Å²) in [6.07, 6.45) is 0. The third kappa shape index (κ3) is 1.38. The predicted octanol–water partition coefficient (Wildman–Crippen LogP) is 0.0659. The molecule has 0 saturated carbocycles. The van der Waals surface area contributed by atoms with Gasteiger partial charge in [-0.25, -0.2) is 4.79 Å². The number of benzene rings is 1. The number of carboxylic acid groups (broad SMARTS) is 1. The molecule has 0 aliphatic carbocycles. The summed E-state index contributed by atoms with van der Waals surface area (Å²) in [4.78, 5) is 33.7. The molecule has 2 rings (SSSR count). The summed E-state index contributed by atoms with van der Waals surface area (Å²) in [5, 5.41) is 10.9. The van der Waals surface area contributed by atoms with Crippen LogP contribution in [0.1, 0.15) is 20.7 Å². The number of fused-ring (bicyclic) bond motifs is 1. The second-order valence-electron chi connectivity index (χ2n) is 3.15. The molecule has 1 aromatic carbocycles. The lowest BCUT2D eigenvalue weighted by Gasteiger charge is -2.20. The number of carbonyl (C=O) groups excluding carboxylic acids is 2. The topological polar surface area (TPSA) is 83.5 Å². The third-order valence-corrected chi connectivity index (χ3v) is 2.22. The summed E-state index contributed by atoms with van der Waals surface area (Å²) in [6.45, 7) is 0. The van der Waals surface area contributed by atoms with Crippen molar-refractivity contribution in [2.75, 3.05) is 0 Å². The number of carbonyl (C=O) groups is 3. The molecule has 0 bridgehead atoms. The van der Waals surface area contributed by atoms with Crippen molar-refractivity contribution in [3.05, 3.63) is 35.4 Å². The number of hydrogen-bond acceptors (Lipinski definition) is 3. The average Bonchev–Trinajstić information content (AvgIpc) is 2.23. The van der Waals surface area contributed by atoms with Crippen LogP contribution in [0.4, 0.5) is 0 Å². The smallest absolute Gasteiger partial charge is 0.334 e. The number of hydrogen-bond donors (Lipinski definition) is 2. The van der Waals surface area contributed by atoms with Gasteiger partial charge in [0, 0.05) is 5.56 Å². The fraction of sp³-hybridized carbons (Fsp3) is 0.100. The van der Waals surface area contributed by atoms with Crippen molar-refractivity contribution in [1.82, 2.24) is 5.32 Å². The molecule has 2 N–H and O–H groups in total. The minimum Gasteiger partial charge on any atom is -0.479 e. The van der Waals surface area contributed by atoms with Gasteiger partial charge in [-0.2, -0.15) is 0 Å². The Morgan fingerprint density at radius 2 is 1.80 bits per heavy atom. The van der Waals surface area contributed by atoms with Crippen molar-refractivity contribution in [2.24, 2.45) is 0 Å². The van der Waals surface area contributed by atoms with E-state index < -0.39 is 23.7 Å². The van der Waals surface area contributed by atoms with E-state index in [4.69, 9.17) is 5.11 Å². The maximum atomic E-state index is 11.6. The Morgan fingerprint density at radius 1 is 1.20 bits per heavy atom. The van der Waals surface area contributed by atoms with Gasteiger partial charge in [-0.05, 0) is 6.07 Å². The standard InChI is InChI=1S/C10H7NO4/c12-8-5-3-1-2-4-6(5)9(13)11-7(8)10(14)15/h1-4,7H,(H,11,13)(H,14,15). The van der Waals surface area contributed by atoms with E-state index >= 15 is 0 Å². The molecule has 1 heterocycles. The minimum absolute atomic E-state index is 0.161. The molecule has 1 aromatic rings. The van der Waals surface area contributed by atoms with E-state index in [-0.39, 0.29) is 11.1 Å². The van der Waals surface area contributed by atoms with Gasteiger partial charge in [0.05, 0.1) is 5.56 Å². The molecule has 0 radical (unpaired) electrons. The Hall–Kier alpha value is -2.17. The Balaban J connectivity index is 2.53. The van der Waals surface area contributed by atoms with Gasteiger partial charge < -0.3 is 10.4 Å². The first-order chi connectivity index (χ1) is 7.11. The van der Waals surface area contributed by atoms with Gasteiger partial charge in [0.25, 0.3) is 5.91 Å². The van der Waals surface area contributed by atoms with Crippen LogP contribution in [0.3, 0.4) is 0 Å². The Morgan fingerprint density at radius 3 is 2.40 bits per heavy atom. The molecule has 1 amide bonds. The summed E-state index contributed by atoms with van der Waals surface area (Å²) in [5.74, 6) is -2.46. The number of rotatable bonds is 1. The van der Waals surface area contributed by atoms with Gasteiger partial charge in [-0.1, -0.05) is 18.2 Å². The zero-order chi connectivity index (χ0) is 11.0. The summed E-state index contributed by atoms with van der Waals surface area (Å²) >= 11 is 0. The predicted molar refractivity (Wildman–Crippen MR) is 49.7 cm³/mol. The molecule has 5 heteroatoms. The zero-order valence-corrected chi connectivity index (χ0v) is 7.56. The fourth-order valence-electron chi connectivity index (χ4n) is 1.50. The zero-order valence-electron chi connectivity index (χ0n) is 7.56. The van der Waals surface area contributed by atoms with E-state index in [0.29, 0.717) is 0 Å². The highest BCUT2D eigenvalue weighted by atomic mass is 16.4. The molecule has 0 saturated heterocycles. The summed E-state index contributed by atoms with van der Waals surface area (Å²) in [7, 11) is 0. The van der Waals surface area contributed by atoms with Crippen molar-refractivity contribution in [3.63, 3.8) is 0 Å². The maximum absolute atomic E-state index is 11.6. The lowest BCUT2D eigenvalue weighted by molar-refractivity contribution is -0.137. The molecule has 76 valence electrons. The van der Waals surface area contributed by atoms with Gasteiger partial charge in [0.15, 0.2) is 11.8 Å². The number of amides is 1. The van der Waals surface area contributed by atoms with Crippen LogP contribution >= 0.6 is 0 Å². The molecule has 1 aliphatic rings. The van der Waals surface area contributed by atoms with Crippen LogP contribution in [0.2, 0.25) is 0 Å². The Bertz CT molecular complexity index is 466. The molecule has 0 spiro atoms. The van der Waals surface area contributed by atoms with Crippen molar-refractivity contribution in [1.29, 1.82) is 0 Å². The van der Waals surface area contributed by atoms with Crippen molar-refractivity contribution < 1.29 is 19.5 Å². The van der Waals surface area contributed by atoms with E-state index in [9.17, 15) is 14.4 Å². The second kappa shape index (κ2) is 3.20. The number of carboxylic acids is 1. The van der Waals surface area contributed by atoms with E-state index in [1.807, 2.05) is 0 Å².